The Bertz CT molecular complexity index is 1020. The van der Waals surface area contributed by atoms with Crippen molar-refractivity contribution in [1.82, 2.24) is 19.9 Å². The van der Waals surface area contributed by atoms with Crippen LogP contribution in [0.1, 0.15) is 5.82 Å². The van der Waals surface area contributed by atoms with Gasteiger partial charge in [0.05, 0.1) is 5.56 Å². The summed E-state index contributed by atoms with van der Waals surface area (Å²) in [7, 11) is 0. The summed E-state index contributed by atoms with van der Waals surface area (Å²) < 4.78 is 24.3. The Morgan fingerprint density at radius 1 is 1.12 bits per heavy atom. The maximum Gasteiger partial charge on any atom is 0.437 e. The third kappa shape index (κ3) is 2.76. The van der Waals surface area contributed by atoms with Crippen molar-refractivity contribution in [2.45, 2.75) is 6.54 Å². The van der Waals surface area contributed by atoms with E-state index in [0.29, 0.717) is 17.3 Å². The molecule has 0 bridgehead atoms. The third-order valence-electron chi connectivity index (χ3n) is 3.22. The smallest absolute Gasteiger partial charge is 0.388 e. The molecule has 3 heterocycles. The number of thiophene rings is 1. The molecule has 0 fully saturated rings. The first kappa shape index (κ1) is 14.5. The van der Waals surface area contributed by atoms with Gasteiger partial charge in [-0.15, -0.1) is 5.10 Å². The lowest BCUT2D eigenvalue weighted by molar-refractivity contribution is 0.416. The fourth-order valence-corrected chi connectivity index (χ4v) is 2.70. The van der Waals surface area contributed by atoms with Crippen molar-refractivity contribution in [1.29, 1.82) is 0 Å². The van der Waals surface area contributed by atoms with Gasteiger partial charge in [-0.05, 0) is 35.7 Å². The molecular formula is C15H9FN4O3S. The van der Waals surface area contributed by atoms with Crippen LogP contribution in [-0.2, 0) is 6.54 Å². The second-order valence-corrected chi connectivity index (χ2v) is 5.65. The monoisotopic (exact) mass is 344 g/mol. The molecule has 3 aromatic heterocycles. The number of nitrogens with zero attached hydrogens (tertiary/aromatic N) is 4. The second-order valence-electron chi connectivity index (χ2n) is 4.87. The standard InChI is InChI=1S/C15H9FN4O3S/c16-11-3-1-9(2-4-11)14-18-20(15(21)22-14)7-12-17-13(23-19-12)10-5-6-24-8-10/h1-6,8H,7H2. The van der Waals surface area contributed by atoms with Crippen molar-refractivity contribution in [3.8, 4) is 22.9 Å². The highest BCUT2D eigenvalue weighted by molar-refractivity contribution is 7.08. The zero-order valence-electron chi connectivity index (χ0n) is 12.0. The maximum absolute atomic E-state index is 12.9. The Labute approximate surface area is 138 Å². The van der Waals surface area contributed by atoms with Gasteiger partial charge in [0.1, 0.15) is 12.4 Å². The summed E-state index contributed by atoms with van der Waals surface area (Å²) in [6.45, 7) is 0.0111. The number of aromatic nitrogens is 4. The molecule has 0 N–H and O–H groups in total. The molecule has 7 nitrogen and oxygen atoms in total. The van der Waals surface area contributed by atoms with Crippen LogP contribution in [0.15, 0.2) is 54.8 Å². The first-order valence-corrected chi connectivity index (χ1v) is 7.82. The Hall–Kier alpha value is -3.07. The lowest BCUT2D eigenvalue weighted by Gasteiger charge is -1.93. The molecule has 9 heteroatoms. The summed E-state index contributed by atoms with van der Waals surface area (Å²) in [5.74, 6) is -0.259. The zero-order chi connectivity index (χ0) is 16.5. The highest BCUT2D eigenvalue weighted by Gasteiger charge is 2.14. The predicted octanol–water partition coefficient (Wildman–Crippen LogP) is 2.80. The molecule has 0 atom stereocenters. The van der Waals surface area contributed by atoms with E-state index in [9.17, 15) is 9.18 Å². The third-order valence-corrected chi connectivity index (χ3v) is 3.91. The molecule has 0 aliphatic rings. The Balaban J connectivity index is 1.59. The van der Waals surface area contributed by atoms with E-state index in [2.05, 4.69) is 15.2 Å². The van der Waals surface area contributed by atoms with Gasteiger partial charge in [0.2, 0.25) is 5.89 Å². The lowest BCUT2D eigenvalue weighted by atomic mass is 10.2. The summed E-state index contributed by atoms with van der Waals surface area (Å²) in [5, 5.41) is 11.7. The van der Waals surface area contributed by atoms with Crippen LogP contribution in [0.25, 0.3) is 22.9 Å². The minimum absolute atomic E-state index is 0.0111. The van der Waals surface area contributed by atoms with Crippen LogP contribution in [0.3, 0.4) is 0 Å². The van der Waals surface area contributed by atoms with E-state index in [4.69, 9.17) is 8.94 Å². The molecule has 4 rings (SSSR count). The van der Waals surface area contributed by atoms with Crippen molar-refractivity contribution < 1.29 is 13.3 Å². The number of rotatable bonds is 4. The van der Waals surface area contributed by atoms with Gasteiger partial charge in [-0.2, -0.15) is 21.0 Å². The van der Waals surface area contributed by atoms with Crippen molar-refractivity contribution in [3.05, 3.63) is 63.3 Å². The van der Waals surface area contributed by atoms with Gasteiger partial charge >= 0.3 is 5.76 Å². The SMILES string of the molecule is O=c1oc(-c2ccc(F)cc2)nn1Cc1noc(-c2ccsc2)n1. The normalized spacial score (nSPS) is 11.0. The van der Waals surface area contributed by atoms with Crippen LogP contribution in [-0.4, -0.2) is 19.9 Å². The van der Waals surface area contributed by atoms with E-state index >= 15 is 0 Å². The van der Waals surface area contributed by atoms with Gasteiger partial charge in [-0.3, -0.25) is 0 Å². The van der Waals surface area contributed by atoms with Crippen LogP contribution in [0.4, 0.5) is 4.39 Å². The lowest BCUT2D eigenvalue weighted by Crippen LogP contribution is -2.17. The highest BCUT2D eigenvalue weighted by atomic mass is 32.1. The van der Waals surface area contributed by atoms with Gasteiger partial charge in [-0.1, -0.05) is 5.16 Å². The van der Waals surface area contributed by atoms with E-state index in [1.54, 1.807) is 0 Å². The summed E-state index contributed by atoms with van der Waals surface area (Å²) >= 11 is 1.52. The fraction of sp³-hybridized carbons (Fsp3) is 0.0667. The van der Waals surface area contributed by atoms with Gasteiger partial charge in [0.25, 0.3) is 5.89 Å². The topological polar surface area (TPSA) is 87.0 Å². The molecule has 0 saturated heterocycles. The van der Waals surface area contributed by atoms with E-state index in [0.717, 1.165) is 10.2 Å². The molecule has 0 unspecified atom stereocenters. The fourth-order valence-electron chi connectivity index (χ4n) is 2.07. The van der Waals surface area contributed by atoms with E-state index in [-0.39, 0.29) is 18.3 Å². The summed E-state index contributed by atoms with van der Waals surface area (Å²) in [5.41, 5.74) is 1.32. The molecule has 120 valence electrons. The first-order valence-electron chi connectivity index (χ1n) is 6.88. The minimum atomic E-state index is -0.656. The number of hydrogen-bond acceptors (Lipinski definition) is 7. The molecule has 0 radical (unpaired) electrons. The Morgan fingerprint density at radius 2 is 1.96 bits per heavy atom. The van der Waals surface area contributed by atoms with E-state index in [1.165, 1.54) is 35.6 Å². The summed E-state index contributed by atoms with van der Waals surface area (Å²) in [6, 6.07) is 7.35. The van der Waals surface area contributed by atoms with Crippen LogP contribution in [0.5, 0.6) is 0 Å². The van der Waals surface area contributed by atoms with E-state index in [1.807, 2.05) is 16.8 Å². The summed E-state index contributed by atoms with van der Waals surface area (Å²) in [6.07, 6.45) is 0. The largest absolute Gasteiger partial charge is 0.437 e. The van der Waals surface area contributed by atoms with Crippen LogP contribution < -0.4 is 5.76 Å². The molecule has 24 heavy (non-hydrogen) atoms. The number of halogens is 1. The van der Waals surface area contributed by atoms with Gasteiger partial charge < -0.3 is 8.94 Å². The summed E-state index contributed by atoms with van der Waals surface area (Å²) in [4.78, 5) is 16.1. The highest BCUT2D eigenvalue weighted by Crippen LogP contribution is 2.20. The van der Waals surface area contributed by atoms with Crippen LogP contribution >= 0.6 is 11.3 Å². The molecule has 0 saturated carbocycles. The number of hydrogen-bond donors (Lipinski definition) is 0. The molecule has 1 aromatic carbocycles. The molecule has 0 aliphatic heterocycles. The minimum Gasteiger partial charge on any atom is -0.388 e. The molecule has 0 amide bonds. The van der Waals surface area contributed by atoms with Crippen molar-refractivity contribution in [2.24, 2.45) is 0 Å². The quantitative estimate of drug-likeness (QED) is 0.566. The predicted molar refractivity (Wildman–Crippen MR) is 82.9 cm³/mol. The van der Waals surface area contributed by atoms with Crippen LogP contribution in [0.2, 0.25) is 0 Å². The van der Waals surface area contributed by atoms with Crippen molar-refractivity contribution in [2.75, 3.05) is 0 Å². The molecule has 4 aromatic rings. The van der Waals surface area contributed by atoms with E-state index < -0.39 is 5.76 Å². The molecular weight excluding hydrogens is 335 g/mol. The van der Waals surface area contributed by atoms with Gasteiger partial charge in [0.15, 0.2) is 5.82 Å². The Morgan fingerprint density at radius 3 is 2.71 bits per heavy atom. The average Bonchev–Trinajstić information content (AvgIpc) is 3.30. The van der Waals surface area contributed by atoms with Gasteiger partial charge in [0, 0.05) is 10.9 Å². The Kier molecular flexibility index (Phi) is 3.54. The molecule has 0 aliphatic carbocycles. The maximum atomic E-state index is 12.9. The van der Waals surface area contributed by atoms with Crippen molar-refractivity contribution in [3.63, 3.8) is 0 Å². The zero-order valence-corrected chi connectivity index (χ0v) is 12.9. The second kappa shape index (κ2) is 5.85. The average molecular weight is 344 g/mol. The van der Waals surface area contributed by atoms with Gasteiger partial charge in [-0.25, -0.2) is 9.18 Å². The first-order chi connectivity index (χ1) is 11.7. The van der Waals surface area contributed by atoms with Crippen LogP contribution in [0, 0.1) is 5.82 Å². The van der Waals surface area contributed by atoms with Crippen molar-refractivity contribution >= 4 is 11.3 Å². The molecule has 0 spiro atoms. The number of benzene rings is 1.